The highest BCUT2D eigenvalue weighted by Gasteiger charge is 2.40. The summed E-state index contributed by atoms with van der Waals surface area (Å²) in [4.78, 5) is 41.5. The maximum Gasteiger partial charge on any atom is 0.256 e. The third-order valence-electron chi connectivity index (χ3n) is 5.78. The highest BCUT2D eigenvalue weighted by atomic mass is 16.7. The fourth-order valence-corrected chi connectivity index (χ4v) is 4.15. The molecule has 31 heavy (non-hydrogen) atoms. The number of nitrogens with zero attached hydrogens (tertiary/aromatic N) is 2. The van der Waals surface area contributed by atoms with Crippen molar-refractivity contribution < 1.29 is 28.6 Å². The van der Waals surface area contributed by atoms with Gasteiger partial charge in [-0.15, -0.1) is 0 Å². The maximum atomic E-state index is 13.4. The quantitative estimate of drug-likeness (QED) is 0.800. The smallest absolute Gasteiger partial charge is 0.256 e. The lowest BCUT2D eigenvalue weighted by Gasteiger charge is -2.39. The molecule has 1 atom stereocenters. The second-order valence-electron chi connectivity index (χ2n) is 7.60. The van der Waals surface area contributed by atoms with Gasteiger partial charge in [0.2, 0.25) is 18.6 Å². The Kier molecular flexibility index (Phi) is 4.74. The molecule has 0 aromatic heterocycles. The standard InChI is InChI=1S/C22H21N3O6/c1-29-11-20(26)24-6-7-25-17(10-24)21(27)23-16-4-2-13(8-15(16)22(25)28)14-3-5-18-19(9-14)31-12-30-18/h2-5,8-9,17H,6-7,10-12H2,1H3,(H,23,27)/t17-/m1/s1. The van der Waals surface area contributed by atoms with Gasteiger partial charge in [-0.2, -0.15) is 0 Å². The number of amides is 3. The first-order valence-electron chi connectivity index (χ1n) is 9.98. The molecular weight excluding hydrogens is 402 g/mol. The number of hydrogen-bond acceptors (Lipinski definition) is 6. The Balaban J connectivity index is 1.45. The summed E-state index contributed by atoms with van der Waals surface area (Å²) in [6.45, 7) is 0.910. The minimum atomic E-state index is -0.747. The van der Waals surface area contributed by atoms with Gasteiger partial charge in [0.15, 0.2) is 11.5 Å². The molecule has 0 saturated carbocycles. The Morgan fingerprint density at radius 2 is 1.87 bits per heavy atom. The van der Waals surface area contributed by atoms with Gasteiger partial charge in [-0.1, -0.05) is 12.1 Å². The van der Waals surface area contributed by atoms with Gasteiger partial charge in [-0.25, -0.2) is 0 Å². The third-order valence-corrected chi connectivity index (χ3v) is 5.78. The lowest BCUT2D eigenvalue weighted by atomic mass is 10.0. The van der Waals surface area contributed by atoms with E-state index in [0.29, 0.717) is 29.3 Å². The summed E-state index contributed by atoms with van der Waals surface area (Å²) in [5.41, 5.74) is 2.58. The molecule has 2 aromatic carbocycles. The van der Waals surface area contributed by atoms with Crippen LogP contribution in [0.2, 0.25) is 0 Å². The SMILES string of the molecule is COCC(=O)N1CCN2C(=O)c3cc(-c4ccc5c(c4)OCO5)ccc3NC(=O)[C@H]2C1. The molecule has 9 nitrogen and oxygen atoms in total. The summed E-state index contributed by atoms with van der Waals surface area (Å²) in [5.74, 6) is 0.599. The zero-order valence-corrected chi connectivity index (χ0v) is 16.9. The molecule has 160 valence electrons. The number of piperazine rings is 1. The monoisotopic (exact) mass is 423 g/mol. The van der Waals surface area contributed by atoms with E-state index < -0.39 is 6.04 Å². The Bertz CT molecular complexity index is 1080. The van der Waals surface area contributed by atoms with Gasteiger partial charge in [0.25, 0.3) is 5.91 Å². The summed E-state index contributed by atoms with van der Waals surface area (Å²) in [7, 11) is 1.45. The van der Waals surface area contributed by atoms with Crippen molar-refractivity contribution in [3.05, 3.63) is 42.0 Å². The van der Waals surface area contributed by atoms with Gasteiger partial charge in [0.05, 0.1) is 17.8 Å². The molecule has 1 N–H and O–H groups in total. The van der Waals surface area contributed by atoms with Gasteiger partial charge < -0.3 is 29.3 Å². The molecule has 1 saturated heterocycles. The Hall–Kier alpha value is -3.59. The Morgan fingerprint density at radius 3 is 2.71 bits per heavy atom. The first-order chi connectivity index (χ1) is 15.0. The van der Waals surface area contributed by atoms with Crippen molar-refractivity contribution in [2.45, 2.75) is 6.04 Å². The van der Waals surface area contributed by atoms with Gasteiger partial charge in [-0.05, 0) is 35.4 Å². The second kappa shape index (κ2) is 7.59. The second-order valence-corrected chi connectivity index (χ2v) is 7.60. The molecule has 3 aliphatic rings. The largest absolute Gasteiger partial charge is 0.454 e. The van der Waals surface area contributed by atoms with E-state index in [4.69, 9.17) is 14.2 Å². The molecule has 9 heteroatoms. The van der Waals surface area contributed by atoms with E-state index >= 15 is 0 Å². The van der Waals surface area contributed by atoms with E-state index in [1.54, 1.807) is 21.9 Å². The summed E-state index contributed by atoms with van der Waals surface area (Å²) < 4.78 is 15.7. The lowest BCUT2D eigenvalue weighted by molar-refractivity contribution is -0.139. The van der Waals surface area contributed by atoms with Crippen LogP contribution in [0.5, 0.6) is 11.5 Å². The minimum absolute atomic E-state index is 0.0542. The van der Waals surface area contributed by atoms with Crippen LogP contribution in [-0.2, 0) is 14.3 Å². The molecule has 3 amide bonds. The van der Waals surface area contributed by atoms with Crippen LogP contribution in [0, 0.1) is 0 Å². The van der Waals surface area contributed by atoms with Gasteiger partial charge in [0, 0.05) is 20.2 Å². The van der Waals surface area contributed by atoms with E-state index in [1.807, 2.05) is 24.3 Å². The molecular formula is C22H21N3O6. The van der Waals surface area contributed by atoms with Crippen LogP contribution in [-0.4, -0.2) is 73.7 Å². The molecule has 0 radical (unpaired) electrons. The third kappa shape index (κ3) is 3.36. The molecule has 0 spiro atoms. The van der Waals surface area contributed by atoms with Crippen molar-refractivity contribution >= 4 is 23.4 Å². The molecule has 3 aliphatic heterocycles. The van der Waals surface area contributed by atoms with E-state index in [0.717, 1.165) is 11.1 Å². The summed E-state index contributed by atoms with van der Waals surface area (Å²) in [6, 6.07) is 10.2. The first kappa shape index (κ1) is 19.4. The topological polar surface area (TPSA) is 97.4 Å². The van der Waals surface area contributed by atoms with Crippen LogP contribution in [0.1, 0.15) is 10.4 Å². The van der Waals surface area contributed by atoms with Gasteiger partial charge >= 0.3 is 0 Å². The molecule has 2 aromatic rings. The summed E-state index contributed by atoms with van der Waals surface area (Å²) in [5, 5.41) is 2.85. The zero-order valence-electron chi connectivity index (χ0n) is 16.9. The van der Waals surface area contributed by atoms with Gasteiger partial charge in [-0.3, -0.25) is 14.4 Å². The number of hydrogen-bond donors (Lipinski definition) is 1. The summed E-state index contributed by atoms with van der Waals surface area (Å²) >= 11 is 0. The van der Waals surface area contributed by atoms with Crippen molar-refractivity contribution in [2.75, 3.05) is 45.5 Å². The predicted molar refractivity (Wildman–Crippen MR) is 110 cm³/mol. The fourth-order valence-electron chi connectivity index (χ4n) is 4.15. The number of benzene rings is 2. The predicted octanol–water partition coefficient (Wildman–Crippen LogP) is 1.33. The van der Waals surface area contributed by atoms with E-state index in [1.165, 1.54) is 7.11 Å². The number of rotatable bonds is 3. The number of anilines is 1. The van der Waals surface area contributed by atoms with Crippen LogP contribution in [0.15, 0.2) is 36.4 Å². The lowest BCUT2D eigenvalue weighted by Crippen LogP contribution is -2.59. The molecule has 3 heterocycles. The average Bonchev–Trinajstić information content (AvgIpc) is 3.23. The Morgan fingerprint density at radius 1 is 1.10 bits per heavy atom. The maximum absolute atomic E-state index is 13.4. The molecule has 0 bridgehead atoms. The zero-order chi connectivity index (χ0) is 21.5. The van der Waals surface area contributed by atoms with Crippen molar-refractivity contribution in [1.82, 2.24) is 9.80 Å². The van der Waals surface area contributed by atoms with Crippen molar-refractivity contribution in [3.63, 3.8) is 0 Å². The van der Waals surface area contributed by atoms with Crippen molar-refractivity contribution in [2.24, 2.45) is 0 Å². The number of carbonyl (C=O) groups is 3. The van der Waals surface area contributed by atoms with Gasteiger partial charge in [0.1, 0.15) is 12.6 Å². The number of methoxy groups -OCH3 is 1. The fraction of sp³-hybridized carbons (Fsp3) is 0.318. The minimum Gasteiger partial charge on any atom is -0.454 e. The molecule has 0 unspecified atom stereocenters. The summed E-state index contributed by atoms with van der Waals surface area (Å²) in [6.07, 6.45) is 0. The molecule has 5 rings (SSSR count). The number of carbonyl (C=O) groups excluding carboxylic acids is 3. The number of ether oxygens (including phenoxy) is 3. The van der Waals surface area contributed by atoms with E-state index in [2.05, 4.69) is 5.32 Å². The molecule has 1 fully saturated rings. The highest BCUT2D eigenvalue weighted by molar-refractivity contribution is 6.10. The average molecular weight is 423 g/mol. The van der Waals surface area contributed by atoms with E-state index in [9.17, 15) is 14.4 Å². The van der Waals surface area contributed by atoms with Crippen molar-refractivity contribution in [3.8, 4) is 22.6 Å². The highest BCUT2D eigenvalue weighted by Crippen LogP contribution is 2.37. The van der Waals surface area contributed by atoms with Crippen molar-refractivity contribution in [1.29, 1.82) is 0 Å². The molecule has 0 aliphatic carbocycles. The van der Waals surface area contributed by atoms with Crippen LogP contribution in [0.25, 0.3) is 11.1 Å². The van der Waals surface area contributed by atoms with Crippen LogP contribution < -0.4 is 14.8 Å². The first-order valence-corrected chi connectivity index (χ1v) is 9.98. The normalized spacial score (nSPS) is 19.5. The van der Waals surface area contributed by atoms with Crippen LogP contribution in [0.4, 0.5) is 5.69 Å². The Labute approximate surface area is 178 Å². The van der Waals surface area contributed by atoms with Crippen LogP contribution in [0.3, 0.4) is 0 Å². The van der Waals surface area contributed by atoms with Crippen LogP contribution >= 0.6 is 0 Å². The van der Waals surface area contributed by atoms with E-state index in [-0.39, 0.29) is 44.2 Å². The number of nitrogens with one attached hydrogen (secondary N) is 1. The number of fused-ring (bicyclic) bond motifs is 3.